The van der Waals surface area contributed by atoms with Crippen LogP contribution in [-0.4, -0.2) is 44.9 Å². The zero-order valence-electron chi connectivity index (χ0n) is 18.2. The van der Waals surface area contributed by atoms with Crippen molar-refractivity contribution in [3.05, 3.63) is 70.8 Å². The van der Waals surface area contributed by atoms with Gasteiger partial charge in [0.25, 0.3) is 5.91 Å². The van der Waals surface area contributed by atoms with E-state index in [1.807, 2.05) is 31.2 Å². The number of pyridine rings is 2. The van der Waals surface area contributed by atoms with Crippen LogP contribution in [-0.2, 0) is 19.5 Å². The SMILES string of the molecule is CCc1c(C(=O)N(C)Cc2ccnc(OC)c2)sc2ncnc(NCc3ccncc3)c12. The lowest BCUT2D eigenvalue weighted by Crippen LogP contribution is -2.26. The Balaban J connectivity index is 1.61. The first kappa shape index (κ1) is 21.6. The molecule has 0 unspecified atom stereocenters. The van der Waals surface area contributed by atoms with E-state index in [1.165, 1.54) is 17.7 Å². The summed E-state index contributed by atoms with van der Waals surface area (Å²) in [6, 6.07) is 7.63. The number of hydrogen-bond acceptors (Lipinski definition) is 8. The third-order valence-electron chi connectivity index (χ3n) is 5.12. The molecule has 4 aromatic rings. The van der Waals surface area contributed by atoms with Gasteiger partial charge in [0, 0.05) is 44.8 Å². The smallest absolute Gasteiger partial charge is 0.264 e. The fraction of sp³-hybridized carbons (Fsp3) is 0.261. The second kappa shape index (κ2) is 9.69. The first-order valence-electron chi connectivity index (χ1n) is 10.2. The van der Waals surface area contributed by atoms with Gasteiger partial charge in [-0.2, -0.15) is 0 Å². The average molecular weight is 449 g/mol. The summed E-state index contributed by atoms with van der Waals surface area (Å²) in [7, 11) is 3.38. The summed E-state index contributed by atoms with van der Waals surface area (Å²) >= 11 is 1.41. The first-order valence-corrected chi connectivity index (χ1v) is 11.1. The van der Waals surface area contributed by atoms with Crippen molar-refractivity contribution in [1.29, 1.82) is 0 Å². The molecule has 1 N–H and O–H groups in total. The van der Waals surface area contributed by atoms with Crippen LogP contribution in [0.15, 0.2) is 49.2 Å². The van der Waals surface area contributed by atoms with Crippen molar-refractivity contribution in [1.82, 2.24) is 24.8 Å². The lowest BCUT2D eigenvalue weighted by atomic mass is 10.1. The van der Waals surface area contributed by atoms with E-state index < -0.39 is 0 Å². The highest BCUT2D eigenvalue weighted by Crippen LogP contribution is 2.35. The summed E-state index contributed by atoms with van der Waals surface area (Å²) in [6.07, 6.45) is 7.45. The number of methoxy groups -OCH3 is 1. The van der Waals surface area contributed by atoms with Gasteiger partial charge in [0.1, 0.15) is 17.0 Å². The van der Waals surface area contributed by atoms with E-state index >= 15 is 0 Å². The molecule has 4 aromatic heterocycles. The number of aromatic nitrogens is 4. The minimum absolute atomic E-state index is 0.0410. The standard InChI is InChI=1S/C23H24N6O2S/c1-4-17-19-21(26-12-15-5-8-24-9-6-15)27-14-28-22(19)32-20(17)23(30)29(2)13-16-7-10-25-18(11-16)31-3/h5-11,14H,4,12-13H2,1-3H3,(H,26,27,28). The van der Waals surface area contributed by atoms with Gasteiger partial charge in [0.15, 0.2) is 0 Å². The molecule has 164 valence electrons. The first-order chi connectivity index (χ1) is 15.6. The predicted molar refractivity (Wildman–Crippen MR) is 125 cm³/mol. The van der Waals surface area contributed by atoms with Gasteiger partial charge in [-0.15, -0.1) is 11.3 Å². The number of anilines is 1. The van der Waals surface area contributed by atoms with Gasteiger partial charge < -0.3 is 15.0 Å². The molecule has 0 spiro atoms. The average Bonchev–Trinajstić information content (AvgIpc) is 3.22. The summed E-state index contributed by atoms with van der Waals surface area (Å²) in [4.78, 5) is 33.6. The van der Waals surface area contributed by atoms with Gasteiger partial charge in [-0.05, 0) is 41.3 Å². The second-order valence-corrected chi connectivity index (χ2v) is 8.24. The van der Waals surface area contributed by atoms with Gasteiger partial charge in [0.05, 0.1) is 17.4 Å². The van der Waals surface area contributed by atoms with Crippen molar-refractivity contribution in [3.8, 4) is 5.88 Å². The van der Waals surface area contributed by atoms with Crippen molar-refractivity contribution in [2.75, 3.05) is 19.5 Å². The summed E-state index contributed by atoms with van der Waals surface area (Å²) in [5.41, 5.74) is 3.02. The Morgan fingerprint density at radius 1 is 1.12 bits per heavy atom. The highest BCUT2D eigenvalue weighted by atomic mass is 32.1. The lowest BCUT2D eigenvalue weighted by molar-refractivity contribution is 0.0789. The minimum Gasteiger partial charge on any atom is -0.481 e. The zero-order valence-corrected chi connectivity index (χ0v) is 19.0. The van der Waals surface area contributed by atoms with Gasteiger partial charge >= 0.3 is 0 Å². The van der Waals surface area contributed by atoms with Gasteiger partial charge in [0.2, 0.25) is 5.88 Å². The Labute approximate surface area is 190 Å². The number of carbonyl (C=O) groups excluding carboxylic acids is 1. The second-order valence-electron chi connectivity index (χ2n) is 7.24. The number of fused-ring (bicyclic) bond motifs is 1. The van der Waals surface area contributed by atoms with Crippen LogP contribution in [0.2, 0.25) is 0 Å². The van der Waals surface area contributed by atoms with E-state index in [4.69, 9.17) is 4.74 Å². The monoisotopic (exact) mass is 448 g/mol. The normalized spacial score (nSPS) is 10.8. The Morgan fingerprint density at radius 2 is 1.91 bits per heavy atom. The number of thiophene rings is 1. The van der Waals surface area contributed by atoms with Crippen LogP contribution in [0.25, 0.3) is 10.2 Å². The maximum Gasteiger partial charge on any atom is 0.264 e. The van der Waals surface area contributed by atoms with Crippen LogP contribution < -0.4 is 10.1 Å². The predicted octanol–water partition coefficient (Wildman–Crippen LogP) is 3.94. The molecule has 32 heavy (non-hydrogen) atoms. The van der Waals surface area contributed by atoms with E-state index in [9.17, 15) is 4.79 Å². The summed E-state index contributed by atoms with van der Waals surface area (Å²) in [5, 5.41) is 4.31. The number of amides is 1. The minimum atomic E-state index is -0.0410. The fourth-order valence-electron chi connectivity index (χ4n) is 3.50. The zero-order chi connectivity index (χ0) is 22.5. The molecule has 9 heteroatoms. The molecule has 0 aliphatic rings. The van der Waals surface area contributed by atoms with E-state index in [2.05, 4.69) is 25.3 Å². The molecule has 0 radical (unpaired) electrons. The largest absolute Gasteiger partial charge is 0.481 e. The molecule has 0 saturated carbocycles. The summed E-state index contributed by atoms with van der Waals surface area (Å²) in [5.74, 6) is 1.22. The number of nitrogens with one attached hydrogen (secondary N) is 1. The highest BCUT2D eigenvalue weighted by molar-refractivity contribution is 7.20. The van der Waals surface area contributed by atoms with Crippen molar-refractivity contribution < 1.29 is 9.53 Å². The van der Waals surface area contributed by atoms with E-state index in [0.29, 0.717) is 30.3 Å². The van der Waals surface area contributed by atoms with Crippen LogP contribution in [0.1, 0.15) is 33.3 Å². The number of hydrogen-bond donors (Lipinski definition) is 1. The number of rotatable bonds is 8. The maximum absolute atomic E-state index is 13.4. The molecule has 4 rings (SSSR count). The van der Waals surface area contributed by atoms with Crippen LogP contribution in [0, 0.1) is 0 Å². The molecule has 0 bridgehead atoms. The number of ether oxygens (including phenoxy) is 1. The topological polar surface area (TPSA) is 93.1 Å². The van der Waals surface area contributed by atoms with Crippen LogP contribution in [0.3, 0.4) is 0 Å². The van der Waals surface area contributed by atoms with Gasteiger partial charge in [-0.3, -0.25) is 9.78 Å². The maximum atomic E-state index is 13.4. The molecule has 0 atom stereocenters. The molecular formula is C23H24N6O2S. The molecule has 0 saturated heterocycles. The molecule has 8 nitrogen and oxygen atoms in total. The van der Waals surface area contributed by atoms with Crippen molar-refractivity contribution >= 4 is 33.3 Å². The third-order valence-corrected chi connectivity index (χ3v) is 6.25. The van der Waals surface area contributed by atoms with Crippen molar-refractivity contribution in [2.45, 2.75) is 26.4 Å². The van der Waals surface area contributed by atoms with Crippen LogP contribution in [0.5, 0.6) is 5.88 Å². The van der Waals surface area contributed by atoms with Crippen molar-refractivity contribution in [3.63, 3.8) is 0 Å². The Morgan fingerprint density at radius 3 is 2.66 bits per heavy atom. The number of nitrogens with zero attached hydrogens (tertiary/aromatic N) is 5. The number of carbonyl (C=O) groups is 1. The lowest BCUT2D eigenvalue weighted by Gasteiger charge is -2.17. The highest BCUT2D eigenvalue weighted by Gasteiger charge is 2.23. The molecule has 0 aliphatic carbocycles. The molecular weight excluding hydrogens is 424 g/mol. The summed E-state index contributed by atoms with van der Waals surface area (Å²) in [6.45, 7) is 3.11. The quantitative estimate of drug-likeness (QED) is 0.436. The molecule has 4 heterocycles. The summed E-state index contributed by atoms with van der Waals surface area (Å²) < 4.78 is 5.19. The number of aryl methyl sites for hydroxylation is 1. The molecule has 0 fully saturated rings. The van der Waals surface area contributed by atoms with Crippen LogP contribution >= 0.6 is 11.3 Å². The third kappa shape index (κ3) is 4.52. The Bertz CT molecular complexity index is 1230. The molecule has 0 aliphatic heterocycles. The van der Waals surface area contributed by atoms with Crippen molar-refractivity contribution in [2.24, 2.45) is 0 Å². The van der Waals surface area contributed by atoms with E-state index in [-0.39, 0.29) is 5.91 Å². The van der Waals surface area contributed by atoms with E-state index in [1.54, 1.807) is 37.6 Å². The Hall–Kier alpha value is -3.59. The fourth-order valence-corrected chi connectivity index (χ4v) is 4.73. The van der Waals surface area contributed by atoms with Gasteiger partial charge in [-0.1, -0.05) is 6.92 Å². The Kier molecular flexibility index (Phi) is 6.55. The van der Waals surface area contributed by atoms with E-state index in [0.717, 1.165) is 32.7 Å². The molecule has 1 amide bonds. The molecule has 0 aromatic carbocycles. The van der Waals surface area contributed by atoms with Crippen LogP contribution in [0.4, 0.5) is 5.82 Å². The van der Waals surface area contributed by atoms with Gasteiger partial charge in [-0.25, -0.2) is 15.0 Å².